The van der Waals surface area contributed by atoms with Crippen LogP contribution in [0.25, 0.3) is 32.2 Å². The van der Waals surface area contributed by atoms with E-state index >= 15 is 0 Å². The lowest BCUT2D eigenvalue weighted by molar-refractivity contribution is 0.0573. The van der Waals surface area contributed by atoms with Gasteiger partial charge in [0.25, 0.3) is 5.91 Å². The Morgan fingerprint density at radius 1 is 1.26 bits per heavy atom. The maximum absolute atomic E-state index is 14.5. The molecule has 5 aromatic rings. The fourth-order valence-electron chi connectivity index (χ4n) is 5.79. The number of benzene rings is 2. The predicted molar refractivity (Wildman–Crippen MR) is 154 cm³/mol. The lowest BCUT2D eigenvalue weighted by Gasteiger charge is -2.20. The third-order valence-corrected chi connectivity index (χ3v) is 9.17. The fraction of sp³-hybridized carbons (Fsp3) is 0.323. The van der Waals surface area contributed by atoms with Gasteiger partial charge in [-0.3, -0.25) is 4.79 Å². The summed E-state index contributed by atoms with van der Waals surface area (Å²) in [5.74, 6) is 0.861. The zero-order valence-electron chi connectivity index (χ0n) is 22.9. The maximum atomic E-state index is 14.5. The first-order valence-corrected chi connectivity index (χ1v) is 14.7. The molecule has 1 amide bonds. The van der Waals surface area contributed by atoms with E-state index in [9.17, 15) is 18.0 Å². The molecule has 2 aromatic carbocycles. The Hall–Kier alpha value is -4.12. The zero-order chi connectivity index (χ0) is 29.1. The van der Waals surface area contributed by atoms with Crippen LogP contribution in [0, 0.1) is 11.7 Å². The molecule has 42 heavy (non-hydrogen) atoms. The first-order valence-electron chi connectivity index (χ1n) is 13.8. The summed E-state index contributed by atoms with van der Waals surface area (Å²) in [6, 6.07) is 10.2. The molecule has 7 nitrogen and oxygen atoms in total. The lowest BCUT2D eigenvalue weighted by Crippen LogP contribution is -2.29. The summed E-state index contributed by atoms with van der Waals surface area (Å²) in [6.07, 6.45) is 3.26. The van der Waals surface area contributed by atoms with Crippen molar-refractivity contribution in [3.8, 4) is 22.8 Å². The minimum absolute atomic E-state index is 0.0420. The van der Waals surface area contributed by atoms with Crippen LogP contribution in [0.2, 0.25) is 0 Å². The molecular weight excluding hydrogens is 565 g/mol. The number of alkyl halides is 2. The summed E-state index contributed by atoms with van der Waals surface area (Å²) in [6.45, 7) is 0.196. The monoisotopic (exact) mass is 592 g/mol. The number of carbonyl (C=O) groups excluding carboxylic acids is 1. The first-order chi connectivity index (χ1) is 20.3. The Labute approximate surface area is 243 Å². The van der Waals surface area contributed by atoms with E-state index in [1.165, 1.54) is 42.8 Å². The normalized spacial score (nSPS) is 17.0. The van der Waals surface area contributed by atoms with E-state index in [0.717, 1.165) is 40.8 Å². The summed E-state index contributed by atoms with van der Waals surface area (Å²) in [4.78, 5) is 18.4. The van der Waals surface area contributed by atoms with Crippen LogP contribution in [0.4, 0.5) is 13.2 Å². The third kappa shape index (κ3) is 4.56. The molecule has 2 unspecified atom stereocenters. The average molecular weight is 593 g/mol. The Morgan fingerprint density at radius 3 is 2.86 bits per heavy atom. The second-order valence-electron chi connectivity index (χ2n) is 10.9. The minimum Gasteiger partial charge on any atom is -0.494 e. The highest BCUT2D eigenvalue weighted by atomic mass is 32.1. The Morgan fingerprint density at radius 2 is 2.10 bits per heavy atom. The van der Waals surface area contributed by atoms with Gasteiger partial charge in [0.05, 0.1) is 18.4 Å². The van der Waals surface area contributed by atoms with Crippen LogP contribution in [0.15, 0.2) is 48.0 Å². The summed E-state index contributed by atoms with van der Waals surface area (Å²) in [5.41, 5.74) is 4.02. The van der Waals surface area contributed by atoms with Gasteiger partial charge in [-0.25, -0.2) is 14.1 Å². The number of carbonyl (C=O) groups is 1. The number of nitrogens with zero attached hydrogens (tertiary/aromatic N) is 3. The van der Waals surface area contributed by atoms with Gasteiger partial charge in [0.15, 0.2) is 0 Å². The largest absolute Gasteiger partial charge is 0.494 e. The SMILES string of the molecule is COc1cc(C(=O)NCC(c2cc3c(c(-c4csc5c(F)cccc45)n2)OCC3C)C2CC2)cc2cn(C(F)F)nc12. The van der Waals surface area contributed by atoms with E-state index in [4.69, 9.17) is 14.5 Å². The molecule has 1 aliphatic heterocycles. The standard InChI is InChI=1S/C31H27F3N4O3S/c1-15-13-41-28-20(15)10-24(36-27(28)22-14-42-29-19(22)4-3-5-23(29)32)21(16-6-7-16)11-35-30(39)17-8-18-12-38(31(33)34)37-26(18)25(9-17)40-2/h3-5,8-10,12,14-16,21,31H,6-7,11,13H2,1-2H3,(H,35,39). The van der Waals surface area contributed by atoms with E-state index in [1.807, 2.05) is 11.4 Å². The van der Waals surface area contributed by atoms with Crippen molar-refractivity contribution < 1.29 is 27.4 Å². The molecule has 7 rings (SSSR count). The molecule has 1 N–H and O–H groups in total. The number of amides is 1. The number of pyridine rings is 1. The number of thiophene rings is 1. The van der Waals surface area contributed by atoms with Gasteiger partial charge < -0.3 is 14.8 Å². The van der Waals surface area contributed by atoms with Crippen molar-refractivity contribution in [2.75, 3.05) is 20.3 Å². The number of hydrogen-bond acceptors (Lipinski definition) is 6. The van der Waals surface area contributed by atoms with Crippen LogP contribution in [0.5, 0.6) is 11.5 Å². The van der Waals surface area contributed by atoms with Gasteiger partial charge in [-0.05, 0) is 43.0 Å². The molecule has 4 heterocycles. The van der Waals surface area contributed by atoms with E-state index in [1.54, 1.807) is 6.07 Å². The molecule has 1 aliphatic carbocycles. The highest BCUT2D eigenvalue weighted by molar-refractivity contribution is 7.17. The number of nitrogens with one attached hydrogen (secondary N) is 1. The number of methoxy groups -OCH3 is 1. The van der Waals surface area contributed by atoms with Crippen molar-refractivity contribution >= 4 is 38.2 Å². The molecule has 0 saturated heterocycles. The lowest BCUT2D eigenvalue weighted by atomic mass is 9.93. The number of rotatable bonds is 8. The van der Waals surface area contributed by atoms with Crippen LogP contribution in [-0.4, -0.2) is 40.9 Å². The molecular formula is C31H27F3N4O3S. The van der Waals surface area contributed by atoms with Crippen molar-refractivity contribution in [2.24, 2.45) is 5.92 Å². The van der Waals surface area contributed by atoms with Crippen molar-refractivity contribution in [3.05, 3.63) is 70.6 Å². The topological polar surface area (TPSA) is 78.3 Å². The molecule has 0 bridgehead atoms. The van der Waals surface area contributed by atoms with Crippen LogP contribution in [0.1, 0.15) is 59.8 Å². The Bertz CT molecular complexity index is 1850. The summed E-state index contributed by atoms with van der Waals surface area (Å²) in [7, 11) is 1.41. The van der Waals surface area contributed by atoms with Crippen molar-refractivity contribution in [1.82, 2.24) is 20.1 Å². The second-order valence-corrected chi connectivity index (χ2v) is 11.8. The van der Waals surface area contributed by atoms with E-state index in [0.29, 0.717) is 45.1 Å². The van der Waals surface area contributed by atoms with Gasteiger partial charge >= 0.3 is 6.55 Å². The second kappa shape index (κ2) is 10.3. The average Bonchev–Trinajstić information content (AvgIpc) is 3.38. The van der Waals surface area contributed by atoms with Gasteiger partial charge in [-0.1, -0.05) is 19.1 Å². The molecule has 1 fully saturated rings. The number of halogens is 3. The van der Waals surface area contributed by atoms with E-state index in [2.05, 4.69) is 23.4 Å². The van der Waals surface area contributed by atoms with E-state index < -0.39 is 6.55 Å². The highest BCUT2D eigenvalue weighted by Crippen LogP contribution is 2.48. The molecule has 1 saturated carbocycles. The van der Waals surface area contributed by atoms with Gasteiger partial charge in [-0.15, -0.1) is 11.3 Å². The van der Waals surface area contributed by atoms with Gasteiger partial charge in [0.1, 0.15) is 28.5 Å². The van der Waals surface area contributed by atoms with Gasteiger partial charge in [0, 0.05) is 63.1 Å². The maximum Gasteiger partial charge on any atom is 0.333 e. The minimum atomic E-state index is -2.80. The predicted octanol–water partition coefficient (Wildman–Crippen LogP) is 7.28. The molecule has 0 spiro atoms. The quantitative estimate of drug-likeness (QED) is 0.205. The Balaban J connectivity index is 1.22. The van der Waals surface area contributed by atoms with Gasteiger partial charge in [-0.2, -0.15) is 13.9 Å². The molecule has 0 radical (unpaired) electrons. The zero-order valence-corrected chi connectivity index (χ0v) is 23.7. The summed E-state index contributed by atoms with van der Waals surface area (Å²) < 4.78 is 53.6. The van der Waals surface area contributed by atoms with Crippen LogP contribution in [-0.2, 0) is 0 Å². The Kier molecular flexibility index (Phi) is 6.56. The fourth-order valence-corrected chi connectivity index (χ4v) is 6.75. The molecule has 216 valence electrons. The molecule has 3 aromatic heterocycles. The molecule has 2 aliphatic rings. The number of ether oxygens (including phenoxy) is 2. The molecule has 2 atom stereocenters. The molecule has 11 heteroatoms. The van der Waals surface area contributed by atoms with Crippen molar-refractivity contribution in [2.45, 2.75) is 38.2 Å². The number of aromatic nitrogens is 3. The summed E-state index contributed by atoms with van der Waals surface area (Å²) in [5, 5.41) is 10.0. The van der Waals surface area contributed by atoms with Crippen LogP contribution < -0.4 is 14.8 Å². The van der Waals surface area contributed by atoms with E-state index in [-0.39, 0.29) is 34.8 Å². The summed E-state index contributed by atoms with van der Waals surface area (Å²) >= 11 is 1.35. The van der Waals surface area contributed by atoms with Crippen molar-refractivity contribution in [1.29, 1.82) is 0 Å². The van der Waals surface area contributed by atoms with Crippen molar-refractivity contribution in [3.63, 3.8) is 0 Å². The van der Waals surface area contributed by atoms with Crippen LogP contribution >= 0.6 is 11.3 Å². The highest BCUT2D eigenvalue weighted by Gasteiger charge is 2.36. The number of fused-ring (bicyclic) bond motifs is 3. The van der Waals surface area contributed by atoms with Crippen LogP contribution in [0.3, 0.4) is 0 Å². The smallest absolute Gasteiger partial charge is 0.333 e. The first kappa shape index (κ1) is 26.8. The number of hydrogen-bond donors (Lipinski definition) is 1. The van der Waals surface area contributed by atoms with Gasteiger partial charge in [0.2, 0.25) is 0 Å². The third-order valence-electron chi connectivity index (χ3n) is 8.16.